The van der Waals surface area contributed by atoms with Crippen molar-refractivity contribution in [1.82, 2.24) is 0 Å². The summed E-state index contributed by atoms with van der Waals surface area (Å²) in [5.74, 6) is -3.61. The van der Waals surface area contributed by atoms with Crippen LogP contribution in [0.15, 0.2) is 23.9 Å². The molecule has 0 spiro atoms. The van der Waals surface area contributed by atoms with Crippen molar-refractivity contribution in [2.75, 3.05) is 26.6 Å². The van der Waals surface area contributed by atoms with Crippen molar-refractivity contribution in [1.29, 1.82) is 0 Å². The van der Waals surface area contributed by atoms with Gasteiger partial charge in [0.15, 0.2) is 0 Å². The number of carbonyl (C=O) groups is 3. The van der Waals surface area contributed by atoms with Crippen molar-refractivity contribution in [3.8, 4) is 0 Å². The van der Waals surface area contributed by atoms with Crippen LogP contribution in [0.5, 0.6) is 0 Å². The molecule has 0 atom stereocenters. The van der Waals surface area contributed by atoms with E-state index in [0.29, 0.717) is 0 Å². The fourth-order valence-electron chi connectivity index (χ4n) is 1.52. The molecule has 124 valence electrons. The lowest BCUT2D eigenvalue weighted by atomic mass is 10.1. The Morgan fingerprint density at radius 1 is 1.13 bits per heavy atom. The molecular formula is C14H13ClFNO6. The highest BCUT2D eigenvalue weighted by Gasteiger charge is 2.21. The summed E-state index contributed by atoms with van der Waals surface area (Å²) in [6.07, 6.45) is 0.823. The quantitative estimate of drug-likeness (QED) is 0.495. The Labute approximate surface area is 136 Å². The number of carbonyl (C=O) groups excluding carboxylic acids is 3. The Kier molecular flexibility index (Phi) is 6.52. The normalized spacial score (nSPS) is 10.7. The summed E-state index contributed by atoms with van der Waals surface area (Å²) in [6, 6.07) is 2.13. The van der Waals surface area contributed by atoms with E-state index < -0.39 is 29.3 Å². The van der Waals surface area contributed by atoms with Gasteiger partial charge in [0.05, 0.1) is 38.1 Å². The van der Waals surface area contributed by atoms with Crippen LogP contribution in [0.25, 0.3) is 0 Å². The molecule has 0 amide bonds. The van der Waals surface area contributed by atoms with Gasteiger partial charge in [-0.1, -0.05) is 11.6 Å². The van der Waals surface area contributed by atoms with Crippen LogP contribution >= 0.6 is 11.6 Å². The van der Waals surface area contributed by atoms with Crippen molar-refractivity contribution in [2.45, 2.75) is 0 Å². The molecule has 0 radical (unpaired) electrons. The molecule has 0 fully saturated rings. The predicted molar refractivity (Wildman–Crippen MR) is 78.5 cm³/mol. The van der Waals surface area contributed by atoms with Gasteiger partial charge in [0.1, 0.15) is 17.1 Å². The van der Waals surface area contributed by atoms with E-state index in [1.54, 1.807) is 0 Å². The molecule has 0 aliphatic heterocycles. The molecule has 0 saturated heterocycles. The molecule has 9 heteroatoms. The van der Waals surface area contributed by atoms with Gasteiger partial charge in [0.2, 0.25) is 0 Å². The zero-order valence-corrected chi connectivity index (χ0v) is 13.2. The lowest BCUT2D eigenvalue weighted by molar-refractivity contribution is -0.138. The minimum atomic E-state index is -0.993. The fourth-order valence-corrected chi connectivity index (χ4v) is 1.79. The lowest BCUT2D eigenvalue weighted by Crippen LogP contribution is -2.16. The fraction of sp³-hybridized carbons (Fsp3) is 0.214. The van der Waals surface area contributed by atoms with Crippen molar-refractivity contribution in [3.05, 3.63) is 40.3 Å². The van der Waals surface area contributed by atoms with Gasteiger partial charge in [-0.25, -0.2) is 18.8 Å². The minimum Gasteiger partial charge on any atom is -0.466 e. The molecule has 0 aliphatic rings. The molecular weight excluding hydrogens is 333 g/mol. The van der Waals surface area contributed by atoms with Crippen LogP contribution in [0.2, 0.25) is 5.02 Å². The Morgan fingerprint density at radius 2 is 1.78 bits per heavy atom. The summed E-state index contributed by atoms with van der Waals surface area (Å²) in [6.45, 7) is 0. The van der Waals surface area contributed by atoms with Crippen LogP contribution in [-0.4, -0.2) is 39.2 Å². The Hall–Kier alpha value is -2.61. The van der Waals surface area contributed by atoms with Crippen LogP contribution in [-0.2, 0) is 23.8 Å². The van der Waals surface area contributed by atoms with E-state index in [1.807, 2.05) is 0 Å². The number of ether oxygens (including phenoxy) is 3. The van der Waals surface area contributed by atoms with Crippen molar-refractivity contribution < 1.29 is 33.0 Å². The molecule has 7 nitrogen and oxygen atoms in total. The average Bonchev–Trinajstić information content (AvgIpc) is 2.55. The Bertz CT molecular complexity index is 673. The van der Waals surface area contributed by atoms with E-state index in [0.717, 1.165) is 33.5 Å². The van der Waals surface area contributed by atoms with E-state index in [-0.39, 0.29) is 16.4 Å². The first kappa shape index (κ1) is 18.4. The molecule has 1 aromatic carbocycles. The van der Waals surface area contributed by atoms with E-state index in [1.165, 1.54) is 6.07 Å². The number of anilines is 1. The number of methoxy groups -OCH3 is 3. The van der Waals surface area contributed by atoms with E-state index >= 15 is 0 Å². The van der Waals surface area contributed by atoms with Crippen LogP contribution in [0.4, 0.5) is 10.1 Å². The topological polar surface area (TPSA) is 90.9 Å². The standard InChI is InChI=1S/C14H13ClFNO6/c1-21-10(18)6-9(13(19)22-2)17-8-5-4-7(16)11(12(8)15)14(20)23-3/h4-6,17H,1-3H3/b9-6+. The summed E-state index contributed by atoms with van der Waals surface area (Å²) < 4.78 is 27.1. The maximum atomic E-state index is 13.7. The lowest BCUT2D eigenvalue weighted by Gasteiger charge is -2.13. The molecule has 0 aromatic heterocycles. The number of hydrogen-bond donors (Lipinski definition) is 1. The van der Waals surface area contributed by atoms with Gasteiger partial charge >= 0.3 is 17.9 Å². The summed E-state index contributed by atoms with van der Waals surface area (Å²) >= 11 is 5.95. The Balaban J connectivity index is 3.30. The summed E-state index contributed by atoms with van der Waals surface area (Å²) in [5.41, 5.74) is -0.834. The molecule has 23 heavy (non-hydrogen) atoms. The molecule has 1 aromatic rings. The average molecular weight is 346 g/mol. The third-order valence-electron chi connectivity index (χ3n) is 2.62. The highest BCUT2D eigenvalue weighted by molar-refractivity contribution is 6.36. The highest BCUT2D eigenvalue weighted by Crippen LogP contribution is 2.30. The number of rotatable bonds is 5. The van der Waals surface area contributed by atoms with Crippen LogP contribution in [0.3, 0.4) is 0 Å². The monoisotopic (exact) mass is 345 g/mol. The first-order chi connectivity index (χ1) is 10.8. The molecule has 1 rings (SSSR count). The molecule has 0 bridgehead atoms. The van der Waals surface area contributed by atoms with Gasteiger partial charge in [-0.05, 0) is 12.1 Å². The van der Waals surface area contributed by atoms with Gasteiger partial charge in [0.25, 0.3) is 0 Å². The second-order valence-corrected chi connectivity index (χ2v) is 4.35. The number of benzene rings is 1. The van der Waals surface area contributed by atoms with Gasteiger partial charge in [0, 0.05) is 0 Å². The minimum absolute atomic E-state index is 0.00554. The van der Waals surface area contributed by atoms with Crippen LogP contribution < -0.4 is 5.32 Å². The zero-order valence-electron chi connectivity index (χ0n) is 12.4. The largest absolute Gasteiger partial charge is 0.466 e. The highest BCUT2D eigenvalue weighted by atomic mass is 35.5. The third-order valence-corrected chi connectivity index (χ3v) is 3.01. The summed E-state index contributed by atoms with van der Waals surface area (Å²) in [4.78, 5) is 34.5. The van der Waals surface area contributed by atoms with Gasteiger partial charge in [-0.3, -0.25) is 0 Å². The third kappa shape index (κ3) is 4.43. The van der Waals surface area contributed by atoms with Gasteiger partial charge in [-0.2, -0.15) is 0 Å². The van der Waals surface area contributed by atoms with Crippen molar-refractivity contribution in [2.24, 2.45) is 0 Å². The summed E-state index contributed by atoms with van der Waals surface area (Å²) in [7, 11) is 3.28. The maximum Gasteiger partial charge on any atom is 0.354 e. The van der Waals surface area contributed by atoms with Crippen LogP contribution in [0, 0.1) is 5.82 Å². The number of halogens is 2. The number of hydrogen-bond acceptors (Lipinski definition) is 7. The first-order valence-corrected chi connectivity index (χ1v) is 6.44. The number of nitrogens with one attached hydrogen (secondary N) is 1. The van der Waals surface area contributed by atoms with E-state index in [9.17, 15) is 18.8 Å². The van der Waals surface area contributed by atoms with Gasteiger partial charge < -0.3 is 19.5 Å². The first-order valence-electron chi connectivity index (χ1n) is 6.07. The van der Waals surface area contributed by atoms with E-state index in [2.05, 4.69) is 19.5 Å². The zero-order chi connectivity index (χ0) is 17.6. The maximum absolute atomic E-state index is 13.7. The summed E-state index contributed by atoms with van der Waals surface area (Å²) in [5, 5.41) is 2.17. The Morgan fingerprint density at radius 3 is 2.30 bits per heavy atom. The smallest absolute Gasteiger partial charge is 0.354 e. The SMILES string of the molecule is COC(=O)/C=C(/Nc1ccc(F)c(C(=O)OC)c1Cl)C(=O)OC. The van der Waals surface area contributed by atoms with E-state index in [4.69, 9.17) is 11.6 Å². The number of esters is 3. The molecule has 0 aliphatic carbocycles. The van der Waals surface area contributed by atoms with Gasteiger partial charge in [-0.15, -0.1) is 0 Å². The molecule has 1 N–H and O–H groups in total. The van der Waals surface area contributed by atoms with Crippen LogP contribution in [0.1, 0.15) is 10.4 Å². The predicted octanol–water partition coefficient (Wildman–Crippen LogP) is 1.91. The second kappa shape index (κ2) is 8.14. The molecule has 0 unspecified atom stereocenters. The van der Waals surface area contributed by atoms with Crippen molar-refractivity contribution >= 4 is 35.2 Å². The molecule has 0 heterocycles. The second-order valence-electron chi connectivity index (χ2n) is 3.97. The molecule has 0 saturated carbocycles. The van der Waals surface area contributed by atoms with Crippen molar-refractivity contribution in [3.63, 3.8) is 0 Å².